The number of likely N-dealkylation sites (tertiary alicyclic amines) is 1. The molecule has 8 heteroatoms. The van der Waals surface area contributed by atoms with Crippen molar-refractivity contribution in [2.75, 3.05) is 13.1 Å². The van der Waals surface area contributed by atoms with E-state index in [1.54, 1.807) is 18.1 Å². The van der Waals surface area contributed by atoms with E-state index < -0.39 is 0 Å². The summed E-state index contributed by atoms with van der Waals surface area (Å²) < 4.78 is 10.9. The highest BCUT2D eigenvalue weighted by Crippen LogP contribution is 2.31. The number of nitrogens with one attached hydrogen (secondary N) is 2. The zero-order chi connectivity index (χ0) is 18.1. The number of amides is 2. The zero-order valence-electron chi connectivity index (χ0n) is 14.3. The van der Waals surface area contributed by atoms with E-state index in [2.05, 4.69) is 15.3 Å². The molecule has 1 fully saturated rings. The molecule has 0 unspecified atom stereocenters. The monoisotopic (exact) mass is 374 g/mol. The van der Waals surface area contributed by atoms with Crippen molar-refractivity contribution in [3.8, 4) is 5.75 Å². The number of aryl methyl sites for hydroxylation is 1. The van der Waals surface area contributed by atoms with Gasteiger partial charge in [-0.05, 0) is 18.6 Å². The van der Waals surface area contributed by atoms with Crippen molar-refractivity contribution >= 4 is 28.5 Å². The van der Waals surface area contributed by atoms with Gasteiger partial charge in [0.25, 0.3) is 0 Å². The van der Waals surface area contributed by atoms with Crippen LogP contribution in [0.3, 0.4) is 0 Å². The number of carbonyl (C=O) groups excluding carboxylic acids is 1. The fourth-order valence-electron chi connectivity index (χ4n) is 2.83. The van der Waals surface area contributed by atoms with Gasteiger partial charge in [-0.2, -0.15) is 0 Å². The number of urea groups is 1. The van der Waals surface area contributed by atoms with Crippen LogP contribution in [0.25, 0.3) is 10.9 Å². The van der Waals surface area contributed by atoms with E-state index >= 15 is 0 Å². The summed E-state index contributed by atoms with van der Waals surface area (Å²) in [4.78, 5) is 21.2. The molecule has 0 saturated carbocycles. The van der Waals surface area contributed by atoms with Crippen LogP contribution in [0.4, 0.5) is 4.79 Å². The molecule has 26 heavy (non-hydrogen) atoms. The smallest absolute Gasteiger partial charge is 0.317 e. The number of nitrogens with zero attached hydrogens (tertiary/aromatic N) is 2. The molecule has 2 aromatic heterocycles. The first kappa shape index (κ1) is 16.8. The minimum Gasteiger partial charge on any atom is -0.486 e. The summed E-state index contributed by atoms with van der Waals surface area (Å²) in [5.74, 6) is 1.16. The number of ether oxygens (including phenoxy) is 1. The van der Waals surface area contributed by atoms with Gasteiger partial charge >= 0.3 is 6.03 Å². The van der Waals surface area contributed by atoms with Crippen LogP contribution in [-0.2, 0) is 13.2 Å². The second kappa shape index (κ2) is 6.92. The fraction of sp³-hybridized carbons (Fsp3) is 0.333. The zero-order valence-corrected chi connectivity index (χ0v) is 15.1. The lowest BCUT2D eigenvalue weighted by atomic mass is 10.2. The minimum atomic E-state index is -0.0279. The number of hydrogen-bond donors (Lipinski definition) is 2. The van der Waals surface area contributed by atoms with Crippen molar-refractivity contribution in [2.24, 2.45) is 0 Å². The van der Waals surface area contributed by atoms with Crippen LogP contribution in [0.15, 0.2) is 28.9 Å². The number of H-pyrrole nitrogens is 1. The van der Waals surface area contributed by atoms with Crippen LogP contribution in [0.2, 0.25) is 5.02 Å². The third kappa shape index (κ3) is 3.48. The van der Waals surface area contributed by atoms with E-state index in [0.717, 1.165) is 36.1 Å². The molecule has 2 N–H and O–H groups in total. The van der Waals surface area contributed by atoms with Crippen molar-refractivity contribution in [3.63, 3.8) is 0 Å². The molecule has 7 nitrogen and oxygen atoms in total. The van der Waals surface area contributed by atoms with Gasteiger partial charge in [0, 0.05) is 42.7 Å². The van der Waals surface area contributed by atoms with Crippen molar-refractivity contribution in [3.05, 3.63) is 46.8 Å². The van der Waals surface area contributed by atoms with Crippen LogP contribution >= 0.6 is 11.6 Å². The number of hydrogen-bond acceptors (Lipinski definition) is 4. The van der Waals surface area contributed by atoms with Gasteiger partial charge in [0.15, 0.2) is 5.89 Å². The molecular formula is C18H19ClN4O3. The molecule has 0 spiro atoms. The van der Waals surface area contributed by atoms with E-state index in [9.17, 15) is 4.79 Å². The van der Waals surface area contributed by atoms with Crippen LogP contribution in [-0.4, -0.2) is 34.0 Å². The molecule has 1 aliphatic rings. The number of halogens is 1. The van der Waals surface area contributed by atoms with Crippen molar-refractivity contribution in [1.82, 2.24) is 20.2 Å². The third-order valence-electron chi connectivity index (χ3n) is 4.34. The molecule has 136 valence electrons. The Morgan fingerprint density at radius 3 is 2.96 bits per heavy atom. The van der Waals surface area contributed by atoms with Crippen molar-refractivity contribution in [2.45, 2.75) is 26.5 Å². The molecule has 1 saturated heterocycles. The largest absolute Gasteiger partial charge is 0.486 e. The third-order valence-corrected chi connectivity index (χ3v) is 4.64. The molecule has 0 radical (unpaired) electrons. The molecule has 3 aromatic rings. The number of fused-ring (bicyclic) bond motifs is 1. The van der Waals surface area contributed by atoms with Gasteiger partial charge in [-0.25, -0.2) is 9.78 Å². The number of benzene rings is 1. The van der Waals surface area contributed by atoms with Crippen molar-refractivity contribution in [1.29, 1.82) is 0 Å². The molecule has 4 rings (SSSR count). The summed E-state index contributed by atoms with van der Waals surface area (Å²) in [6.07, 6.45) is 2.64. The molecule has 0 bridgehead atoms. The van der Waals surface area contributed by atoms with Crippen LogP contribution < -0.4 is 10.1 Å². The summed E-state index contributed by atoms with van der Waals surface area (Å²) in [7, 11) is 0. The van der Waals surface area contributed by atoms with Gasteiger partial charge in [0.05, 0.1) is 11.6 Å². The number of rotatable bonds is 5. The topological polar surface area (TPSA) is 83.4 Å². The predicted molar refractivity (Wildman–Crippen MR) is 97.3 cm³/mol. The maximum atomic E-state index is 11.9. The van der Waals surface area contributed by atoms with Gasteiger partial charge in [0.1, 0.15) is 24.3 Å². The molecule has 1 aliphatic heterocycles. The molecule has 3 heterocycles. The van der Waals surface area contributed by atoms with Crippen LogP contribution in [0.5, 0.6) is 5.75 Å². The lowest BCUT2D eigenvalue weighted by molar-refractivity contribution is 0.167. The second-order valence-corrected chi connectivity index (χ2v) is 6.72. The average Bonchev–Trinajstić information content (AvgIpc) is 3.14. The SMILES string of the molecule is Cc1nc(COc2cc3[nH]c(CNC(=O)N4CCC4)cc3cc2Cl)co1. The van der Waals surface area contributed by atoms with E-state index in [4.69, 9.17) is 20.8 Å². The Balaban J connectivity index is 1.44. The normalized spacial score (nSPS) is 13.7. The first-order chi connectivity index (χ1) is 12.6. The molecular weight excluding hydrogens is 356 g/mol. The first-order valence-corrected chi connectivity index (χ1v) is 8.84. The summed E-state index contributed by atoms with van der Waals surface area (Å²) >= 11 is 6.32. The molecule has 1 aromatic carbocycles. The highest BCUT2D eigenvalue weighted by molar-refractivity contribution is 6.32. The summed E-state index contributed by atoms with van der Waals surface area (Å²) in [6, 6.07) is 5.64. The first-order valence-electron chi connectivity index (χ1n) is 8.46. The second-order valence-electron chi connectivity index (χ2n) is 6.31. The van der Waals surface area contributed by atoms with Gasteiger partial charge in [0.2, 0.25) is 0 Å². The molecule has 2 amide bonds. The van der Waals surface area contributed by atoms with Crippen LogP contribution in [0, 0.1) is 6.92 Å². The van der Waals surface area contributed by atoms with E-state index in [1.165, 1.54) is 0 Å². The quantitative estimate of drug-likeness (QED) is 0.714. The summed E-state index contributed by atoms with van der Waals surface area (Å²) in [6.45, 7) is 4.17. The van der Waals surface area contributed by atoms with E-state index in [0.29, 0.717) is 28.9 Å². The Bertz CT molecular complexity index is 945. The van der Waals surface area contributed by atoms with Gasteiger partial charge < -0.3 is 24.4 Å². The van der Waals surface area contributed by atoms with Crippen LogP contribution in [0.1, 0.15) is 23.7 Å². The number of aromatic nitrogens is 2. The average molecular weight is 375 g/mol. The minimum absolute atomic E-state index is 0.0279. The fourth-order valence-corrected chi connectivity index (χ4v) is 3.05. The number of oxazole rings is 1. The maximum Gasteiger partial charge on any atom is 0.317 e. The van der Waals surface area contributed by atoms with Gasteiger partial charge in [-0.3, -0.25) is 0 Å². The van der Waals surface area contributed by atoms with Gasteiger partial charge in [-0.1, -0.05) is 11.6 Å². The van der Waals surface area contributed by atoms with E-state index in [1.807, 2.05) is 18.2 Å². The molecule has 0 atom stereocenters. The summed E-state index contributed by atoms with van der Waals surface area (Å²) in [5.41, 5.74) is 2.52. The Morgan fingerprint density at radius 2 is 2.27 bits per heavy atom. The number of carbonyl (C=O) groups is 1. The Hall–Kier alpha value is -2.67. The highest BCUT2D eigenvalue weighted by Gasteiger charge is 2.19. The lowest BCUT2D eigenvalue weighted by Crippen LogP contribution is -2.47. The van der Waals surface area contributed by atoms with Crippen molar-refractivity contribution < 1.29 is 13.9 Å². The number of aromatic amines is 1. The predicted octanol–water partition coefficient (Wildman–Crippen LogP) is 3.61. The van der Waals surface area contributed by atoms with Gasteiger partial charge in [-0.15, -0.1) is 0 Å². The van der Waals surface area contributed by atoms with E-state index in [-0.39, 0.29) is 12.6 Å². The maximum absolute atomic E-state index is 11.9. The standard InChI is InChI=1S/C18H19ClN4O3/c1-11-21-14(9-25-11)10-26-17-7-16-12(6-15(17)19)5-13(22-16)8-20-18(24)23-3-2-4-23/h5-7,9,22H,2-4,8,10H2,1H3,(H,20,24). The highest BCUT2D eigenvalue weighted by atomic mass is 35.5. The Labute approximate surface area is 155 Å². The lowest BCUT2D eigenvalue weighted by Gasteiger charge is -2.30. The Morgan fingerprint density at radius 1 is 1.42 bits per heavy atom. The summed E-state index contributed by atoms with van der Waals surface area (Å²) in [5, 5.41) is 4.40. The molecule has 0 aliphatic carbocycles. The Kier molecular flexibility index (Phi) is 4.46.